The Balaban J connectivity index is 1.61. The van der Waals surface area contributed by atoms with E-state index in [0.717, 1.165) is 5.69 Å². The Morgan fingerprint density at radius 3 is 2.75 bits per heavy atom. The topological polar surface area (TPSA) is 100 Å². The van der Waals surface area contributed by atoms with Crippen LogP contribution in [0.15, 0.2) is 47.0 Å². The first-order valence-electron chi connectivity index (χ1n) is 8.52. The summed E-state index contributed by atoms with van der Waals surface area (Å²) >= 11 is 0. The molecule has 2 aromatic heterocycles. The van der Waals surface area contributed by atoms with Crippen LogP contribution in [0.5, 0.6) is 5.75 Å². The van der Waals surface area contributed by atoms with Crippen LogP contribution in [0.3, 0.4) is 0 Å². The van der Waals surface area contributed by atoms with Crippen LogP contribution in [-0.4, -0.2) is 20.5 Å². The zero-order valence-corrected chi connectivity index (χ0v) is 15.7. The zero-order chi connectivity index (χ0) is 20.3. The van der Waals surface area contributed by atoms with E-state index in [-0.39, 0.29) is 18.1 Å². The van der Waals surface area contributed by atoms with E-state index in [1.54, 1.807) is 49.0 Å². The lowest BCUT2D eigenvalue weighted by Gasteiger charge is -2.05. The molecule has 8 nitrogen and oxygen atoms in total. The van der Waals surface area contributed by atoms with Crippen molar-refractivity contribution in [3.8, 4) is 5.75 Å². The lowest BCUT2D eigenvalue weighted by molar-refractivity contribution is -0.385. The molecular formula is C20H19N3O5. The van der Waals surface area contributed by atoms with Gasteiger partial charge in [0.25, 0.3) is 5.69 Å². The first kappa shape index (κ1) is 19.1. The number of aryl methyl sites for hydroxylation is 2. The summed E-state index contributed by atoms with van der Waals surface area (Å²) in [6, 6.07) is 8.05. The number of nitro groups is 1. The van der Waals surface area contributed by atoms with E-state index in [4.69, 9.17) is 9.15 Å². The van der Waals surface area contributed by atoms with Crippen molar-refractivity contribution >= 4 is 17.5 Å². The fourth-order valence-corrected chi connectivity index (χ4v) is 2.63. The Morgan fingerprint density at radius 1 is 1.32 bits per heavy atom. The summed E-state index contributed by atoms with van der Waals surface area (Å²) in [5, 5.41) is 14.9. The van der Waals surface area contributed by atoms with Gasteiger partial charge in [-0.25, -0.2) is 0 Å². The number of hydrogen-bond donors (Lipinski definition) is 0. The van der Waals surface area contributed by atoms with E-state index in [1.165, 1.54) is 18.3 Å². The average molecular weight is 381 g/mol. The van der Waals surface area contributed by atoms with E-state index in [1.807, 2.05) is 6.92 Å². The molecule has 0 bridgehead atoms. The average Bonchev–Trinajstić information content (AvgIpc) is 3.25. The summed E-state index contributed by atoms with van der Waals surface area (Å²) in [6.45, 7) is 3.65. The number of carbonyl (C=O) groups is 1. The Labute approximate surface area is 161 Å². The minimum atomic E-state index is -0.432. The summed E-state index contributed by atoms with van der Waals surface area (Å²) in [4.78, 5) is 22.6. The number of nitrogens with zero attached hydrogens (tertiary/aromatic N) is 3. The molecule has 0 radical (unpaired) electrons. The zero-order valence-electron chi connectivity index (χ0n) is 15.7. The highest BCUT2D eigenvalue weighted by Gasteiger charge is 2.12. The van der Waals surface area contributed by atoms with E-state index in [9.17, 15) is 14.9 Å². The number of allylic oxidation sites excluding steroid dienone is 1. The third kappa shape index (κ3) is 4.17. The third-order valence-corrected chi connectivity index (χ3v) is 4.33. The van der Waals surface area contributed by atoms with Crippen molar-refractivity contribution < 1.29 is 18.9 Å². The maximum atomic E-state index is 12.2. The maximum absolute atomic E-state index is 12.2. The van der Waals surface area contributed by atoms with Crippen molar-refractivity contribution in [3.05, 3.63) is 81.1 Å². The van der Waals surface area contributed by atoms with E-state index >= 15 is 0 Å². The van der Waals surface area contributed by atoms with Crippen LogP contribution in [0.25, 0.3) is 6.08 Å². The molecule has 0 spiro atoms. The smallest absolute Gasteiger partial charge is 0.272 e. The Morgan fingerprint density at radius 2 is 2.11 bits per heavy atom. The molecule has 0 saturated carbocycles. The van der Waals surface area contributed by atoms with Gasteiger partial charge < -0.3 is 9.15 Å². The quantitative estimate of drug-likeness (QED) is 0.265. The molecule has 3 aromatic rings. The van der Waals surface area contributed by atoms with E-state index in [2.05, 4.69) is 5.10 Å². The summed E-state index contributed by atoms with van der Waals surface area (Å²) < 4.78 is 12.9. The molecule has 0 saturated heterocycles. The summed E-state index contributed by atoms with van der Waals surface area (Å²) in [6.07, 6.45) is 4.57. The number of carbonyl (C=O) groups excluding carboxylic acids is 1. The van der Waals surface area contributed by atoms with Crippen molar-refractivity contribution in [1.82, 2.24) is 9.78 Å². The number of ketones is 1. The van der Waals surface area contributed by atoms with Crippen LogP contribution >= 0.6 is 0 Å². The summed E-state index contributed by atoms with van der Waals surface area (Å²) in [5.74, 6) is 1.45. The minimum Gasteiger partial charge on any atom is -0.486 e. The number of furan rings is 1. The molecule has 3 rings (SSSR count). The van der Waals surface area contributed by atoms with E-state index < -0.39 is 4.92 Å². The molecule has 8 heteroatoms. The number of benzene rings is 1. The van der Waals surface area contributed by atoms with Gasteiger partial charge in [-0.05, 0) is 50.3 Å². The second-order valence-corrected chi connectivity index (χ2v) is 6.26. The standard InChI is InChI=1S/C20H19N3O5/c1-13-10-16(6-8-19(13)23(25)26)27-12-17-5-4-15(28-17)7-9-20(24)18-11-21-22(3)14(18)2/h4-11H,12H2,1-3H3/b9-7+. The molecule has 1 aromatic carbocycles. The number of aromatic nitrogens is 2. The SMILES string of the molecule is Cc1cc(OCc2ccc(/C=C/C(=O)c3cnn(C)c3C)o2)ccc1[N+](=O)[O-]. The molecule has 0 aliphatic heterocycles. The van der Waals surface area contributed by atoms with Crippen LogP contribution in [0.1, 0.15) is 33.1 Å². The normalized spacial score (nSPS) is 11.1. The molecule has 0 amide bonds. The Kier molecular flexibility index (Phi) is 5.39. The monoisotopic (exact) mass is 381 g/mol. The van der Waals surface area contributed by atoms with Gasteiger partial charge in [-0.1, -0.05) is 0 Å². The maximum Gasteiger partial charge on any atom is 0.272 e. The van der Waals surface area contributed by atoms with Crippen LogP contribution in [0.4, 0.5) is 5.69 Å². The molecule has 0 atom stereocenters. The molecular weight excluding hydrogens is 362 g/mol. The molecule has 0 unspecified atom stereocenters. The summed E-state index contributed by atoms with van der Waals surface area (Å²) in [5.41, 5.74) is 1.91. The number of ether oxygens (including phenoxy) is 1. The van der Waals surface area contributed by atoms with Crippen LogP contribution in [-0.2, 0) is 13.7 Å². The lowest BCUT2D eigenvalue weighted by Crippen LogP contribution is -1.98. The molecule has 2 heterocycles. The molecule has 144 valence electrons. The van der Waals surface area contributed by atoms with Gasteiger partial charge in [0.2, 0.25) is 0 Å². The van der Waals surface area contributed by atoms with Gasteiger partial charge in [0, 0.05) is 24.4 Å². The molecule has 0 fully saturated rings. The predicted octanol–water partition coefficient (Wildman–Crippen LogP) is 4.01. The fraction of sp³-hybridized carbons (Fsp3) is 0.200. The van der Waals surface area contributed by atoms with E-state index in [0.29, 0.717) is 28.4 Å². The third-order valence-electron chi connectivity index (χ3n) is 4.33. The van der Waals surface area contributed by atoms with Gasteiger partial charge in [-0.2, -0.15) is 5.10 Å². The summed E-state index contributed by atoms with van der Waals surface area (Å²) in [7, 11) is 1.78. The number of hydrogen-bond acceptors (Lipinski definition) is 6. The van der Waals surface area contributed by atoms with Crippen molar-refractivity contribution in [2.75, 3.05) is 0 Å². The molecule has 0 N–H and O–H groups in total. The van der Waals surface area contributed by atoms with Gasteiger partial charge in [0.05, 0.1) is 16.7 Å². The van der Waals surface area contributed by atoms with Crippen molar-refractivity contribution in [3.63, 3.8) is 0 Å². The largest absolute Gasteiger partial charge is 0.486 e. The van der Waals surface area contributed by atoms with Crippen molar-refractivity contribution in [2.24, 2.45) is 7.05 Å². The predicted molar refractivity (Wildman–Crippen MR) is 102 cm³/mol. The van der Waals surface area contributed by atoms with Crippen LogP contribution < -0.4 is 4.74 Å². The van der Waals surface area contributed by atoms with Gasteiger partial charge in [-0.3, -0.25) is 19.6 Å². The number of nitro benzene ring substituents is 1. The highest BCUT2D eigenvalue weighted by molar-refractivity contribution is 6.07. The molecule has 0 aliphatic carbocycles. The Hall–Kier alpha value is -3.68. The first-order valence-corrected chi connectivity index (χ1v) is 8.52. The first-order chi connectivity index (χ1) is 13.3. The fourth-order valence-electron chi connectivity index (χ4n) is 2.63. The number of rotatable bonds is 7. The van der Waals surface area contributed by atoms with Crippen molar-refractivity contribution in [1.29, 1.82) is 0 Å². The van der Waals surface area contributed by atoms with Crippen LogP contribution in [0, 0.1) is 24.0 Å². The molecule has 0 aliphatic rings. The van der Waals surface area contributed by atoms with Gasteiger partial charge in [0.15, 0.2) is 5.78 Å². The molecule has 28 heavy (non-hydrogen) atoms. The second-order valence-electron chi connectivity index (χ2n) is 6.26. The Bertz CT molecular complexity index is 1060. The second kappa shape index (κ2) is 7.91. The van der Waals surface area contributed by atoms with Gasteiger partial charge in [0.1, 0.15) is 23.9 Å². The minimum absolute atomic E-state index is 0.0475. The highest BCUT2D eigenvalue weighted by atomic mass is 16.6. The van der Waals surface area contributed by atoms with Crippen molar-refractivity contribution in [2.45, 2.75) is 20.5 Å². The van der Waals surface area contributed by atoms with Gasteiger partial charge >= 0.3 is 0 Å². The highest BCUT2D eigenvalue weighted by Crippen LogP contribution is 2.24. The van der Waals surface area contributed by atoms with Crippen LogP contribution in [0.2, 0.25) is 0 Å². The lowest BCUT2D eigenvalue weighted by atomic mass is 10.1. The van der Waals surface area contributed by atoms with Gasteiger partial charge in [-0.15, -0.1) is 0 Å².